The number of hydrogen-bond donors (Lipinski definition) is 1. The normalized spacial score (nSPS) is 13.8. The minimum absolute atomic E-state index is 0.569. The summed E-state index contributed by atoms with van der Waals surface area (Å²) >= 11 is 0. The van der Waals surface area contributed by atoms with Crippen LogP contribution >= 0.6 is 0 Å². The lowest BCUT2D eigenvalue weighted by Gasteiger charge is -2.27. The number of benzene rings is 1. The molecule has 0 saturated carbocycles. The Morgan fingerprint density at radius 3 is 2.48 bits per heavy atom. The molecular formula is C16H22N2O3. The Bertz CT molecular complexity index is 605. The van der Waals surface area contributed by atoms with Crippen LogP contribution in [-0.2, 0) is 12.1 Å². The molecule has 1 heterocycles. The highest BCUT2D eigenvalue weighted by Gasteiger charge is 2.35. The van der Waals surface area contributed by atoms with Gasteiger partial charge in [-0.3, -0.25) is 4.68 Å². The zero-order valence-electron chi connectivity index (χ0n) is 13.0. The zero-order chi connectivity index (χ0) is 15.5. The van der Waals surface area contributed by atoms with E-state index in [2.05, 4.69) is 12.0 Å². The predicted molar refractivity (Wildman–Crippen MR) is 80.7 cm³/mol. The van der Waals surface area contributed by atoms with Crippen molar-refractivity contribution < 1.29 is 14.6 Å². The van der Waals surface area contributed by atoms with Crippen molar-refractivity contribution in [2.45, 2.75) is 32.4 Å². The fourth-order valence-corrected chi connectivity index (χ4v) is 2.56. The van der Waals surface area contributed by atoms with Gasteiger partial charge in [0.2, 0.25) is 0 Å². The first kappa shape index (κ1) is 15.4. The van der Waals surface area contributed by atoms with Crippen molar-refractivity contribution in [1.82, 2.24) is 9.78 Å². The molecule has 1 aromatic carbocycles. The molecule has 2 aromatic rings. The second kappa shape index (κ2) is 6.18. The lowest BCUT2D eigenvalue weighted by Crippen LogP contribution is -2.28. The Hall–Kier alpha value is -2.01. The van der Waals surface area contributed by atoms with Crippen molar-refractivity contribution >= 4 is 0 Å². The minimum atomic E-state index is -1.26. The zero-order valence-corrected chi connectivity index (χ0v) is 13.0. The van der Waals surface area contributed by atoms with E-state index in [0.717, 1.165) is 6.42 Å². The Morgan fingerprint density at radius 2 is 1.86 bits per heavy atom. The van der Waals surface area contributed by atoms with E-state index in [1.54, 1.807) is 32.0 Å². The third-order valence-electron chi connectivity index (χ3n) is 3.55. The summed E-state index contributed by atoms with van der Waals surface area (Å²) in [5, 5.41) is 15.5. The highest BCUT2D eigenvalue weighted by Crippen LogP contribution is 2.39. The Labute approximate surface area is 125 Å². The van der Waals surface area contributed by atoms with Gasteiger partial charge in [0.05, 0.1) is 20.4 Å². The maximum Gasteiger partial charge on any atom is 0.163 e. The molecule has 1 aromatic heterocycles. The predicted octanol–water partition coefficient (Wildman–Crippen LogP) is 2.57. The highest BCUT2D eigenvalue weighted by molar-refractivity contribution is 5.46. The van der Waals surface area contributed by atoms with Gasteiger partial charge in [-0.15, -0.1) is 0 Å². The van der Waals surface area contributed by atoms with Crippen molar-refractivity contribution in [3.05, 3.63) is 41.7 Å². The van der Waals surface area contributed by atoms with Gasteiger partial charge < -0.3 is 14.6 Å². The van der Waals surface area contributed by atoms with Crippen LogP contribution in [0.3, 0.4) is 0 Å². The van der Waals surface area contributed by atoms with Crippen molar-refractivity contribution in [1.29, 1.82) is 0 Å². The topological polar surface area (TPSA) is 56.5 Å². The lowest BCUT2D eigenvalue weighted by atomic mass is 9.91. The van der Waals surface area contributed by atoms with Gasteiger partial charge in [0.1, 0.15) is 17.0 Å². The molecule has 2 rings (SSSR count). The number of ether oxygens (including phenoxy) is 2. The molecule has 1 unspecified atom stereocenters. The second-order valence-electron chi connectivity index (χ2n) is 5.06. The van der Waals surface area contributed by atoms with Crippen LogP contribution in [-0.4, -0.2) is 29.1 Å². The van der Waals surface area contributed by atoms with Crippen LogP contribution in [0.2, 0.25) is 0 Å². The fourth-order valence-electron chi connectivity index (χ4n) is 2.56. The third-order valence-corrected chi connectivity index (χ3v) is 3.55. The SMILES string of the molecule is CCCn1ncc(OC)c1C(C)(O)c1ccccc1OC. The van der Waals surface area contributed by atoms with Crippen LogP contribution < -0.4 is 9.47 Å². The van der Waals surface area contributed by atoms with Gasteiger partial charge in [0, 0.05) is 12.1 Å². The molecule has 5 heteroatoms. The first-order valence-electron chi connectivity index (χ1n) is 7.02. The van der Waals surface area contributed by atoms with Gasteiger partial charge >= 0.3 is 0 Å². The van der Waals surface area contributed by atoms with Crippen LogP contribution in [0.1, 0.15) is 31.5 Å². The summed E-state index contributed by atoms with van der Waals surface area (Å²) in [4.78, 5) is 0. The number of para-hydroxylation sites is 1. The van der Waals surface area contributed by atoms with Gasteiger partial charge in [-0.25, -0.2) is 0 Å². The number of aliphatic hydroxyl groups is 1. The molecule has 114 valence electrons. The summed E-state index contributed by atoms with van der Waals surface area (Å²) in [6.07, 6.45) is 2.55. The number of hydrogen-bond acceptors (Lipinski definition) is 4. The van der Waals surface area contributed by atoms with E-state index in [1.807, 2.05) is 24.3 Å². The maximum absolute atomic E-state index is 11.2. The van der Waals surface area contributed by atoms with Crippen LogP contribution in [0.5, 0.6) is 11.5 Å². The largest absolute Gasteiger partial charge is 0.496 e. The van der Waals surface area contributed by atoms with E-state index in [9.17, 15) is 5.11 Å². The number of aryl methyl sites for hydroxylation is 1. The van der Waals surface area contributed by atoms with E-state index < -0.39 is 5.60 Å². The summed E-state index contributed by atoms with van der Waals surface area (Å²) in [5.41, 5.74) is 0.0591. The fraction of sp³-hybridized carbons (Fsp3) is 0.438. The lowest BCUT2D eigenvalue weighted by molar-refractivity contribution is 0.0852. The van der Waals surface area contributed by atoms with Crippen molar-refractivity contribution in [2.75, 3.05) is 14.2 Å². The van der Waals surface area contributed by atoms with E-state index in [0.29, 0.717) is 29.3 Å². The van der Waals surface area contributed by atoms with Crippen molar-refractivity contribution in [3.63, 3.8) is 0 Å². The Morgan fingerprint density at radius 1 is 1.19 bits per heavy atom. The van der Waals surface area contributed by atoms with Gasteiger partial charge in [-0.05, 0) is 19.4 Å². The summed E-state index contributed by atoms with van der Waals surface area (Å²) < 4.78 is 12.5. The van der Waals surface area contributed by atoms with E-state index >= 15 is 0 Å². The van der Waals surface area contributed by atoms with E-state index in [-0.39, 0.29) is 0 Å². The number of rotatable bonds is 6. The number of nitrogens with zero attached hydrogens (tertiary/aromatic N) is 2. The molecule has 5 nitrogen and oxygen atoms in total. The molecule has 0 amide bonds. The van der Waals surface area contributed by atoms with Crippen molar-refractivity contribution in [2.24, 2.45) is 0 Å². The standard InChI is InChI=1S/C16H22N2O3/c1-5-10-18-15(14(21-4)11-17-18)16(2,19)12-8-6-7-9-13(12)20-3/h6-9,11,19H,5,10H2,1-4H3. The Balaban J connectivity index is 2.59. The van der Waals surface area contributed by atoms with E-state index in [4.69, 9.17) is 9.47 Å². The Kier molecular flexibility index (Phi) is 4.53. The van der Waals surface area contributed by atoms with Gasteiger partial charge in [0.15, 0.2) is 5.75 Å². The monoisotopic (exact) mass is 290 g/mol. The maximum atomic E-state index is 11.2. The second-order valence-corrected chi connectivity index (χ2v) is 5.06. The van der Waals surface area contributed by atoms with E-state index in [1.165, 1.54) is 0 Å². The van der Waals surface area contributed by atoms with Crippen LogP contribution in [0, 0.1) is 0 Å². The summed E-state index contributed by atoms with van der Waals surface area (Å²) in [6.45, 7) is 4.51. The first-order valence-corrected chi connectivity index (χ1v) is 7.02. The van der Waals surface area contributed by atoms with Crippen LogP contribution in [0.15, 0.2) is 30.5 Å². The molecule has 0 bridgehead atoms. The average Bonchev–Trinajstić information content (AvgIpc) is 2.91. The summed E-state index contributed by atoms with van der Waals surface area (Å²) in [6, 6.07) is 7.43. The minimum Gasteiger partial charge on any atom is -0.496 e. The molecule has 21 heavy (non-hydrogen) atoms. The molecular weight excluding hydrogens is 268 g/mol. The molecule has 0 spiro atoms. The quantitative estimate of drug-likeness (QED) is 0.888. The van der Waals surface area contributed by atoms with Crippen LogP contribution in [0.25, 0.3) is 0 Å². The first-order chi connectivity index (χ1) is 10.1. The number of aromatic nitrogens is 2. The van der Waals surface area contributed by atoms with Gasteiger partial charge in [-0.2, -0.15) is 5.10 Å². The highest BCUT2D eigenvalue weighted by atomic mass is 16.5. The van der Waals surface area contributed by atoms with Gasteiger partial charge in [0.25, 0.3) is 0 Å². The molecule has 1 atom stereocenters. The summed E-state index contributed by atoms with van der Waals surface area (Å²) in [5.74, 6) is 1.20. The molecule has 0 fully saturated rings. The molecule has 0 aliphatic carbocycles. The van der Waals surface area contributed by atoms with Crippen LogP contribution in [0.4, 0.5) is 0 Å². The van der Waals surface area contributed by atoms with Gasteiger partial charge in [-0.1, -0.05) is 25.1 Å². The smallest absolute Gasteiger partial charge is 0.163 e. The van der Waals surface area contributed by atoms with Crippen molar-refractivity contribution in [3.8, 4) is 11.5 Å². The molecule has 0 radical (unpaired) electrons. The third kappa shape index (κ3) is 2.74. The average molecular weight is 290 g/mol. The summed E-state index contributed by atoms with van der Waals surface area (Å²) in [7, 11) is 3.17. The molecule has 0 saturated heterocycles. The molecule has 1 N–H and O–H groups in total. The number of methoxy groups -OCH3 is 2. The molecule has 0 aliphatic heterocycles. The molecule has 0 aliphatic rings.